The fourth-order valence-corrected chi connectivity index (χ4v) is 7.57. The summed E-state index contributed by atoms with van der Waals surface area (Å²) < 4.78 is 6.22. The van der Waals surface area contributed by atoms with Gasteiger partial charge in [-0.05, 0) is 91.6 Å². The number of pyridine rings is 1. The molecular weight excluding hydrogens is 661 g/mol. The smallest absolute Gasteiger partial charge is 0.404 e. The van der Waals surface area contributed by atoms with Gasteiger partial charge in [-0.3, -0.25) is 4.79 Å². The number of benzene rings is 2. The summed E-state index contributed by atoms with van der Waals surface area (Å²) >= 11 is 19.4. The Bertz CT molecular complexity index is 1580. The molecule has 2 aromatic carbocycles. The molecule has 0 radical (unpaired) electrons. The molecule has 3 heterocycles. The Balaban J connectivity index is 1.12. The van der Waals surface area contributed by atoms with E-state index in [1.165, 1.54) is 0 Å². The first kappa shape index (κ1) is 33.7. The lowest BCUT2D eigenvalue weighted by Gasteiger charge is -2.36. The van der Waals surface area contributed by atoms with E-state index in [2.05, 4.69) is 27.7 Å². The second-order valence-electron chi connectivity index (χ2n) is 12.8. The Morgan fingerprint density at radius 2 is 1.85 bits per heavy atom. The average Bonchev–Trinajstić information content (AvgIpc) is 3.79. The number of carbonyl (C=O) groups excluding carboxylic acids is 1. The van der Waals surface area contributed by atoms with Crippen LogP contribution in [0.2, 0.25) is 15.1 Å². The van der Waals surface area contributed by atoms with Crippen LogP contribution >= 0.6 is 34.8 Å². The van der Waals surface area contributed by atoms with E-state index >= 15 is 0 Å². The zero-order chi connectivity index (χ0) is 33.1. The Labute approximate surface area is 290 Å². The lowest BCUT2D eigenvalue weighted by atomic mass is 9.80. The largest absolute Gasteiger partial charge is 0.485 e. The molecule has 1 aromatic heterocycles. The number of halogens is 3. The lowest BCUT2D eigenvalue weighted by molar-refractivity contribution is -0.138. The third kappa shape index (κ3) is 8.26. The predicted octanol–water partition coefficient (Wildman–Crippen LogP) is 6.70. The molecule has 1 saturated carbocycles. The van der Waals surface area contributed by atoms with Crippen molar-refractivity contribution in [2.75, 3.05) is 37.6 Å². The molecular formula is C35H40Cl3N5O4. The van der Waals surface area contributed by atoms with Crippen LogP contribution in [0.5, 0.6) is 5.75 Å². The van der Waals surface area contributed by atoms with E-state index in [1.54, 1.807) is 0 Å². The van der Waals surface area contributed by atoms with Crippen molar-refractivity contribution in [2.45, 2.75) is 63.6 Å². The molecule has 0 unspecified atom stereocenters. The summed E-state index contributed by atoms with van der Waals surface area (Å²) in [5.41, 5.74) is 3.91. The molecule has 250 valence electrons. The fourth-order valence-electron chi connectivity index (χ4n) is 6.71. The number of aromatic nitrogens is 1. The summed E-state index contributed by atoms with van der Waals surface area (Å²) in [6.07, 6.45) is 5.02. The van der Waals surface area contributed by atoms with E-state index in [4.69, 9.17) is 49.6 Å². The molecule has 2 aliphatic heterocycles. The van der Waals surface area contributed by atoms with Crippen molar-refractivity contribution in [3.63, 3.8) is 0 Å². The highest BCUT2D eigenvalue weighted by atomic mass is 35.5. The standard InChI is InChI=1S/C35H40Cl3N5O4/c1-21-14-30(37)33(31(38)15-21)47-26-10-13-42(20-26)32-7-3-23(17-41-32)27-9-11-39-18-28(27)34(44)43(25-4-5-25)19-24-16-22(2-6-29(24)36)8-12-40-35(45)46/h2-3,6-7,14-17,25-28,39-40H,4-5,8-13,18-20H2,1H3,(H,45,46)/t26-,27-,28+/m1/s1. The van der Waals surface area contributed by atoms with Gasteiger partial charge in [-0.2, -0.15) is 0 Å². The molecule has 2 saturated heterocycles. The topological polar surface area (TPSA) is 107 Å². The minimum Gasteiger partial charge on any atom is -0.485 e. The van der Waals surface area contributed by atoms with Gasteiger partial charge in [0.2, 0.25) is 5.91 Å². The highest BCUT2D eigenvalue weighted by molar-refractivity contribution is 6.37. The van der Waals surface area contributed by atoms with Crippen LogP contribution in [-0.4, -0.2) is 71.9 Å². The van der Waals surface area contributed by atoms with Gasteiger partial charge in [0.1, 0.15) is 11.9 Å². The average molecular weight is 701 g/mol. The number of aryl methyl sites for hydroxylation is 1. The van der Waals surface area contributed by atoms with Crippen LogP contribution in [0.1, 0.15) is 53.9 Å². The first-order valence-corrected chi connectivity index (χ1v) is 17.4. The van der Waals surface area contributed by atoms with Crippen molar-refractivity contribution in [3.8, 4) is 5.75 Å². The first-order valence-electron chi connectivity index (χ1n) is 16.2. The van der Waals surface area contributed by atoms with Crippen molar-refractivity contribution in [2.24, 2.45) is 5.92 Å². The number of carbonyl (C=O) groups is 2. The number of anilines is 1. The van der Waals surface area contributed by atoms with Crippen LogP contribution < -0.4 is 20.3 Å². The van der Waals surface area contributed by atoms with Gasteiger partial charge in [-0.25, -0.2) is 9.78 Å². The third-order valence-corrected chi connectivity index (χ3v) is 10.2. The van der Waals surface area contributed by atoms with Gasteiger partial charge in [0, 0.05) is 49.9 Å². The molecule has 0 spiro atoms. The van der Waals surface area contributed by atoms with Crippen LogP contribution in [0.25, 0.3) is 0 Å². The molecule has 9 nitrogen and oxygen atoms in total. The van der Waals surface area contributed by atoms with Crippen LogP contribution in [0.3, 0.4) is 0 Å². The van der Waals surface area contributed by atoms with Gasteiger partial charge < -0.3 is 30.3 Å². The molecule has 3 fully saturated rings. The molecule has 3 atom stereocenters. The predicted molar refractivity (Wildman–Crippen MR) is 185 cm³/mol. The van der Waals surface area contributed by atoms with Gasteiger partial charge in [0.15, 0.2) is 5.75 Å². The third-order valence-electron chi connectivity index (χ3n) is 9.31. The van der Waals surface area contributed by atoms with E-state index in [0.29, 0.717) is 53.4 Å². The van der Waals surface area contributed by atoms with Gasteiger partial charge >= 0.3 is 6.09 Å². The van der Waals surface area contributed by atoms with Crippen LogP contribution in [0, 0.1) is 12.8 Å². The molecule has 2 amide bonds. The molecule has 47 heavy (non-hydrogen) atoms. The number of nitrogens with one attached hydrogen (secondary N) is 2. The second kappa shape index (κ2) is 14.9. The van der Waals surface area contributed by atoms with Crippen molar-refractivity contribution < 1.29 is 19.4 Å². The number of carboxylic acid groups (broad SMARTS) is 1. The van der Waals surface area contributed by atoms with E-state index in [-0.39, 0.29) is 29.9 Å². The van der Waals surface area contributed by atoms with E-state index < -0.39 is 6.09 Å². The van der Waals surface area contributed by atoms with Crippen molar-refractivity contribution >= 4 is 52.6 Å². The maximum Gasteiger partial charge on any atom is 0.404 e. The van der Waals surface area contributed by atoms with Gasteiger partial charge in [-0.1, -0.05) is 53.0 Å². The summed E-state index contributed by atoms with van der Waals surface area (Å²) in [4.78, 5) is 34.2. The van der Waals surface area contributed by atoms with E-state index in [1.807, 2.05) is 48.4 Å². The summed E-state index contributed by atoms with van der Waals surface area (Å²) in [5.74, 6) is 1.38. The summed E-state index contributed by atoms with van der Waals surface area (Å²) in [7, 11) is 0. The van der Waals surface area contributed by atoms with E-state index in [9.17, 15) is 9.59 Å². The minimum atomic E-state index is -1.05. The molecule has 12 heteroatoms. The minimum absolute atomic E-state index is 0.0513. The summed E-state index contributed by atoms with van der Waals surface area (Å²) in [6.45, 7) is 5.63. The zero-order valence-electron chi connectivity index (χ0n) is 26.4. The maximum atomic E-state index is 14.2. The number of amides is 2. The molecule has 1 aliphatic carbocycles. The number of rotatable bonds is 11. The maximum absolute atomic E-state index is 14.2. The van der Waals surface area contributed by atoms with Gasteiger partial charge in [0.25, 0.3) is 0 Å². The number of hydrogen-bond acceptors (Lipinski definition) is 6. The highest BCUT2D eigenvalue weighted by Gasteiger charge is 2.40. The first-order chi connectivity index (χ1) is 22.7. The van der Waals surface area contributed by atoms with Crippen LogP contribution in [0.15, 0.2) is 48.7 Å². The summed E-state index contributed by atoms with van der Waals surface area (Å²) in [5, 5.41) is 16.4. The van der Waals surface area contributed by atoms with E-state index in [0.717, 1.165) is 66.8 Å². The Hall–Kier alpha value is -3.24. The quantitative estimate of drug-likeness (QED) is 0.204. The SMILES string of the molecule is Cc1cc(Cl)c(O[C@@H]2CCN(c3ccc([C@H]4CCNC[C@@H]4C(=O)N(Cc4cc(CCNC(=O)O)ccc4Cl)C4CC4)cn3)C2)c(Cl)c1. The normalized spacial score (nSPS) is 21.0. The Morgan fingerprint density at radius 3 is 2.55 bits per heavy atom. The van der Waals surface area contributed by atoms with Crippen LogP contribution in [-0.2, 0) is 17.8 Å². The monoisotopic (exact) mass is 699 g/mol. The lowest BCUT2D eigenvalue weighted by Crippen LogP contribution is -2.47. The Kier molecular flexibility index (Phi) is 10.7. The van der Waals surface area contributed by atoms with Crippen LogP contribution in [0.4, 0.5) is 10.6 Å². The Morgan fingerprint density at radius 1 is 1.06 bits per heavy atom. The van der Waals surface area contributed by atoms with Crippen molar-refractivity contribution in [1.29, 1.82) is 0 Å². The molecule has 6 rings (SSSR count). The number of ether oxygens (including phenoxy) is 1. The van der Waals surface area contributed by atoms with Crippen molar-refractivity contribution in [3.05, 3.63) is 86.0 Å². The molecule has 3 aromatic rings. The molecule has 3 N–H and O–H groups in total. The summed E-state index contributed by atoms with van der Waals surface area (Å²) in [6, 6.07) is 13.8. The number of nitrogens with zero attached hydrogens (tertiary/aromatic N) is 3. The van der Waals surface area contributed by atoms with Gasteiger partial charge in [-0.15, -0.1) is 0 Å². The zero-order valence-corrected chi connectivity index (χ0v) is 28.6. The highest BCUT2D eigenvalue weighted by Crippen LogP contribution is 2.38. The number of piperidine rings is 1. The molecule has 0 bridgehead atoms. The second-order valence-corrected chi connectivity index (χ2v) is 14.0. The molecule has 3 aliphatic rings. The van der Waals surface area contributed by atoms with Gasteiger partial charge in [0.05, 0.1) is 22.5 Å². The van der Waals surface area contributed by atoms with Crippen molar-refractivity contribution in [1.82, 2.24) is 20.5 Å². The fraction of sp³-hybridized carbons (Fsp3) is 0.457. The number of hydrogen-bond donors (Lipinski definition) is 3.